The first-order chi connectivity index (χ1) is 18.0. The van der Waals surface area contributed by atoms with Crippen molar-refractivity contribution in [3.63, 3.8) is 0 Å². The molecule has 0 atom stereocenters. The highest BCUT2D eigenvalue weighted by Crippen LogP contribution is 2.03. The summed E-state index contributed by atoms with van der Waals surface area (Å²) in [5.41, 5.74) is 2.05. The lowest BCUT2D eigenvalue weighted by atomic mass is 10.1. The summed E-state index contributed by atoms with van der Waals surface area (Å²) < 4.78 is 0. The molecule has 0 aliphatic carbocycles. The number of carboxylic acid groups (broad SMARTS) is 4. The molecule has 38 heavy (non-hydrogen) atoms. The van der Waals surface area contributed by atoms with Crippen LogP contribution in [0.3, 0.4) is 0 Å². The van der Waals surface area contributed by atoms with Gasteiger partial charge in [-0.05, 0) is 23.3 Å². The molecule has 202 valence electrons. The van der Waals surface area contributed by atoms with E-state index in [1.54, 1.807) is 12.2 Å². The number of nitrogens with zero attached hydrogens (tertiary/aromatic N) is 2. The molecule has 4 N–H and O–H groups in total. The van der Waals surface area contributed by atoms with Crippen LogP contribution in [-0.2, 0) is 24.0 Å². The van der Waals surface area contributed by atoms with Gasteiger partial charge in [-0.3, -0.25) is 33.8 Å². The van der Waals surface area contributed by atoms with Crippen molar-refractivity contribution in [1.29, 1.82) is 0 Å². The normalized spacial score (nSPS) is 10.9. The lowest BCUT2D eigenvalue weighted by molar-refractivity contribution is -0.145. The van der Waals surface area contributed by atoms with Crippen LogP contribution < -0.4 is 0 Å². The van der Waals surface area contributed by atoms with Crippen LogP contribution >= 0.6 is 0 Å². The second kappa shape index (κ2) is 17.8. The van der Waals surface area contributed by atoms with Gasteiger partial charge < -0.3 is 20.4 Å². The number of rotatable bonds is 15. The van der Waals surface area contributed by atoms with Crippen LogP contribution in [0.15, 0.2) is 72.8 Å². The summed E-state index contributed by atoms with van der Waals surface area (Å²) in [4.78, 5) is 56.0. The molecule has 11 nitrogen and oxygen atoms in total. The molecule has 2 aromatic rings. The lowest BCUT2D eigenvalue weighted by Gasteiger charge is -2.23. The van der Waals surface area contributed by atoms with Crippen LogP contribution in [0.5, 0.6) is 0 Å². The van der Waals surface area contributed by atoms with Gasteiger partial charge in [0.1, 0.15) is 0 Å². The summed E-state index contributed by atoms with van der Waals surface area (Å²) in [5, 5.41) is 34.5. The number of allylic oxidation sites excluding steroid dienone is 2. The van der Waals surface area contributed by atoms with Crippen molar-refractivity contribution in [2.45, 2.75) is 0 Å². The van der Waals surface area contributed by atoms with Gasteiger partial charge >= 0.3 is 23.9 Å². The smallest absolute Gasteiger partial charge is 0.317 e. The van der Waals surface area contributed by atoms with E-state index in [4.69, 9.17) is 20.4 Å². The Morgan fingerprint density at radius 1 is 0.526 bits per heavy atom. The van der Waals surface area contributed by atoms with Gasteiger partial charge in [-0.2, -0.15) is 0 Å². The van der Waals surface area contributed by atoms with Gasteiger partial charge in [-0.25, -0.2) is 0 Å². The Hall–Kier alpha value is -4.61. The van der Waals surface area contributed by atoms with Crippen LogP contribution in [0.4, 0.5) is 0 Å². The monoisotopic (exact) mass is 526 g/mol. The van der Waals surface area contributed by atoms with Gasteiger partial charge in [0, 0.05) is 13.1 Å². The van der Waals surface area contributed by atoms with Crippen LogP contribution in [0.1, 0.15) is 11.1 Å². The van der Waals surface area contributed by atoms with Gasteiger partial charge in [0.05, 0.1) is 26.2 Å². The van der Waals surface area contributed by atoms with Crippen LogP contribution in [0, 0.1) is 0 Å². The number of hydrogen-bond acceptors (Lipinski definition) is 7. The zero-order valence-corrected chi connectivity index (χ0v) is 20.6. The minimum atomic E-state index is -1.23. The molecule has 11 heteroatoms. The predicted octanol–water partition coefficient (Wildman–Crippen LogP) is 1.91. The van der Waals surface area contributed by atoms with Crippen molar-refractivity contribution >= 4 is 41.8 Å². The third-order valence-electron chi connectivity index (χ3n) is 4.65. The van der Waals surface area contributed by atoms with Gasteiger partial charge in [0.25, 0.3) is 0 Å². The minimum Gasteiger partial charge on any atom is -0.480 e. The van der Waals surface area contributed by atoms with E-state index < -0.39 is 50.1 Å². The minimum absolute atomic E-state index is 0.0114. The fourth-order valence-electron chi connectivity index (χ4n) is 3.02. The van der Waals surface area contributed by atoms with Gasteiger partial charge in [0.2, 0.25) is 0 Å². The van der Waals surface area contributed by atoms with E-state index in [1.165, 1.54) is 0 Å². The Morgan fingerprint density at radius 3 is 1.08 bits per heavy atom. The Morgan fingerprint density at radius 2 is 0.816 bits per heavy atom. The topological polar surface area (TPSA) is 173 Å². The summed E-state index contributed by atoms with van der Waals surface area (Å²) in [7, 11) is 0. The van der Waals surface area contributed by atoms with Crippen molar-refractivity contribution in [1.82, 2.24) is 9.80 Å². The maximum atomic E-state index is 11.6. The molecular weight excluding hydrogens is 496 g/mol. The SMILES string of the molecule is O=C(C=Cc1ccccc1)C=Cc1ccccc1.O=C(O)CN(CCN(CC(=O)O)CC(=O)O)CC(=O)O. The van der Waals surface area contributed by atoms with Crippen molar-refractivity contribution in [3.8, 4) is 0 Å². The molecule has 0 aliphatic heterocycles. The molecule has 0 unspecified atom stereocenters. The molecule has 2 aromatic carbocycles. The number of benzene rings is 2. The maximum absolute atomic E-state index is 11.6. The Bertz CT molecular complexity index is 996. The molecule has 2 rings (SSSR count). The molecule has 0 saturated heterocycles. The standard InChI is InChI=1S/C17H14O.C10H16N2O8/c18-17(13-11-15-7-3-1-4-8-15)14-12-16-9-5-2-6-10-16;13-7(14)3-11(4-8(15)16)1-2-12(5-9(17)18)6-10(19)20/h1-14H;1-6H2,(H,13,14)(H,15,16)(H,17,18)(H,19,20). The number of hydrogen-bond donors (Lipinski definition) is 4. The van der Waals surface area contributed by atoms with Gasteiger partial charge in [-0.1, -0.05) is 72.8 Å². The van der Waals surface area contributed by atoms with Crippen molar-refractivity contribution in [3.05, 3.63) is 83.9 Å². The Labute approximate surface area is 219 Å². The van der Waals surface area contributed by atoms with E-state index in [0.29, 0.717) is 0 Å². The lowest BCUT2D eigenvalue weighted by Crippen LogP contribution is -2.43. The second-order valence-electron chi connectivity index (χ2n) is 7.89. The molecule has 0 spiro atoms. The van der Waals surface area contributed by atoms with E-state index >= 15 is 0 Å². The molecule has 0 heterocycles. The summed E-state index contributed by atoms with van der Waals surface area (Å²) in [6, 6.07) is 19.6. The average Bonchev–Trinajstić information content (AvgIpc) is 2.85. The molecule has 0 aliphatic rings. The highest BCUT2D eigenvalue weighted by molar-refractivity contribution is 6.04. The zero-order chi connectivity index (χ0) is 28.3. The molecule has 0 saturated carbocycles. The van der Waals surface area contributed by atoms with E-state index in [9.17, 15) is 24.0 Å². The molecule has 0 bridgehead atoms. The molecule has 0 aromatic heterocycles. The van der Waals surface area contributed by atoms with Gasteiger partial charge in [-0.15, -0.1) is 0 Å². The summed E-state index contributed by atoms with van der Waals surface area (Å²) in [5.74, 6) is -4.92. The van der Waals surface area contributed by atoms with Crippen molar-refractivity contribution in [2.75, 3.05) is 39.3 Å². The number of carboxylic acids is 4. The third kappa shape index (κ3) is 16.1. The largest absolute Gasteiger partial charge is 0.480 e. The van der Waals surface area contributed by atoms with Crippen molar-refractivity contribution < 1.29 is 44.4 Å². The fourth-order valence-corrected chi connectivity index (χ4v) is 3.02. The van der Waals surface area contributed by atoms with E-state index in [-0.39, 0.29) is 18.9 Å². The Kier molecular flexibility index (Phi) is 14.7. The highest BCUT2D eigenvalue weighted by Gasteiger charge is 2.18. The average molecular weight is 527 g/mol. The maximum Gasteiger partial charge on any atom is 0.317 e. The first kappa shape index (κ1) is 31.4. The summed E-state index contributed by atoms with van der Waals surface area (Å²) in [6.45, 7) is -2.25. The van der Waals surface area contributed by atoms with E-state index in [1.807, 2.05) is 72.8 Å². The quantitative estimate of drug-likeness (QED) is 0.250. The van der Waals surface area contributed by atoms with E-state index in [0.717, 1.165) is 20.9 Å². The number of carbonyl (C=O) groups excluding carboxylic acids is 1. The second-order valence-corrected chi connectivity index (χ2v) is 7.89. The molecule has 0 radical (unpaired) electrons. The van der Waals surface area contributed by atoms with Crippen LogP contribution in [0.2, 0.25) is 0 Å². The number of aliphatic carboxylic acids is 4. The number of ketones is 1. The molecule has 0 fully saturated rings. The van der Waals surface area contributed by atoms with E-state index in [2.05, 4.69) is 0 Å². The first-order valence-corrected chi connectivity index (χ1v) is 11.4. The van der Waals surface area contributed by atoms with Crippen molar-refractivity contribution in [2.24, 2.45) is 0 Å². The fraction of sp³-hybridized carbons (Fsp3) is 0.222. The third-order valence-corrected chi connectivity index (χ3v) is 4.65. The van der Waals surface area contributed by atoms with Gasteiger partial charge in [0.15, 0.2) is 5.78 Å². The Balaban J connectivity index is 0.000000381. The highest BCUT2D eigenvalue weighted by atomic mass is 16.4. The van der Waals surface area contributed by atoms with Crippen LogP contribution in [0.25, 0.3) is 12.2 Å². The summed E-state index contributed by atoms with van der Waals surface area (Å²) in [6.07, 6.45) is 6.79. The first-order valence-electron chi connectivity index (χ1n) is 11.4. The number of carbonyl (C=O) groups is 5. The molecular formula is C27H30N2O9. The van der Waals surface area contributed by atoms with Crippen LogP contribution in [-0.4, -0.2) is 99.2 Å². The zero-order valence-electron chi connectivity index (χ0n) is 20.6. The predicted molar refractivity (Wildman–Crippen MR) is 139 cm³/mol. The molecule has 0 amide bonds. The summed E-state index contributed by atoms with van der Waals surface area (Å²) >= 11 is 0.